The predicted molar refractivity (Wildman–Crippen MR) is 118 cm³/mol. The van der Waals surface area contributed by atoms with Crippen LogP contribution in [0.1, 0.15) is 12.0 Å². The summed E-state index contributed by atoms with van der Waals surface area (Å²) < 4.78 is 29.9. The summed E-state index contributed by atoms with van der Waals surface area (Å²) >= 11 is 7.72. The number of amides is 1. The zero-order valence-electron chi connectivity index (χ0n) is 16.0. The highest BCUT2D eigenvalue weighted by Gasteiger charge is 2.28. The maximum Gasteiger partial charge on any atom is 0.296 e. The van der Waals surface area contributed by atoms with Crippen LogP contribution < -0.4 is 4.90 Å². The molecule has 0 aromatic heterocycles. The molecule has 0 N–H and O–H groups in total. The van der Waals surface area contributed by atoms with Crippen molar-refractivity contribution in [3.05, 3.63) is 77.3 Å². The first-order chi connectivity index (χ1) is 14.3. The lowest BCUT2D eigenvalue weighted by atomic mass is 10.2. The third-order valence-electron chi connectivity index (χ3n) is 4.60. The number of fused-ring (bicyclic) bond motifs is 2. The molecule has 0 spiro atoms. The van der Waals surface area contributed by atoms with Gasteiger partial charge in [-0.2, -0.15) is 8.42 Å². The summed E-state index contributed by atoms with van der Waals surface area (Å²) in [5.74, 6) is -0.273. The van der Waals surface area contributed by atoms with E-state index >= 15 is 0 Å². The van der Waals surface area contributed by atoms with E-state index in [1.54, 1.807) is 40.9 Å². The summed E-state index contributed by atoms with van der Waals surface area (Å²) in [7, 11) is -3.93. The number of nitrogens with zero attached hydrogens (tertiary/aromatic N) is 1. The minimum atomic E-state index is -3.93. The zero-order chi connectivity index (χ0) is 21.3. The summed E-state index contributed by atoms with van der Waals surface area (Å²) in [5.41, 5.74) is 2.37. The molecule has 1 amide bonds. The molecule has 8 heteroatoms. The third kappa shape index (κ3) is 4.25. The van der Waals surface area contributed by atoms with Crippen molar-refractivity contribution in [2.24, 2.45) is 0 Å². The van der Waals surface area contributed by atoms with Crippen LogP contribution in [0.3, 0.4) is 0 Å². The number of hydrogen-bond donors (Lipinski definition) is 0. The number of halogens is 1. The number of rotatable bonds is 5. The van der Waals surface area contributed by atoms with E-state index in [1.807, 2.05) is 37.3 Å². The van der Waals surface area contributed by atoms with Crippen LogP contribution in [0.2, 0.25) is 5.02 Å². The van der Waals surface area contributed by atoms with Crippen molar-refractivity contribution in [3.63, 3.8) is 0 Å². The molecule has 0 aliphatic carbocycles. The Labute approximate surface area is 184 Å². The Balaban J connectivity index is 1.54. The Hall–Kier alpha value is -2.32. The lowest BCUT2D eigenvalue weighted by molar-refractivity contribution is -0.118. The molecule has 3 aromatic carbocycles. The molecule has 30 heavy (non-hydrogen) atoms. The molecule has 0 saturated carbocycles. The molecule has 0 bridgehead atoms. The minimum absolute atomic E-state index is 0.0670. The summed E-state index contributed by atoms with van der Waals surface area (Å²) in [6.07, 6.45) is -0.101. The molecule has 5 nitrogen and oxygen atoms in total. The van der Waals surface area contributed by atoms with Crippen LogP contribution in [0.5, 0.6) is 0 Å². The van der Waals surface area contributed by atoms with Gasteiger partial charge in [0.15, 0.2) is 0 Å². The van der Waals surface area contributed by atoms with E-state index in [9.17, 15) is 13.2 Å². The van der Waals surface area contributed by atoms with Gasteiger partial charge in [0.1, 0.15) is 0 Å². The molecule has 1 aliphatic rings. The largest absolute Gasteiger partial charge is 0.296 e. The molecular formula is C22H18ClNO4S2. The van der Waals surface area contributed by atoms with Gasteiger partial charge < -0.3 is 0 Å². The number of para-hydroxylation sites is 1. The van der Waals surface area contributed by atoms with E-state index in [0.29, 0.717) is 10.7 Å². The van der Waals surface area contributed by atoms with Gasteiger partial charge in [-0.3, -0.25) is 13.9 Å². The van der Waals surface area contributed by atoms with Crippen molar-refractivity contribution >= 4 is 50.8 Å². The maximum atomic E-state index is 13.1. The molecule has 0 atom stereocenters. The van der Waals surface area contributed by atoms with Crippen LogP contribution in [0.25, 0.3) is 0 Å². The lowest BCUT2D eigenvalue weighted by Gasteiger charge is -2.31. The Morgan fingerprint density at radius 2 is 1.70 bits per heavy atom. The maximum absolute atomic E-state index is 13.1. The number of carbonyl (C=O) groups is 1. The van der Waals surface area contributed by atoms with Crippen molar-refractivity contribution in [2.75, 3.05) is 11.5 Å². The summed E-state index contributed by atoms with van der Waals surface area (Å²) in [4.78, 5) is 16.6. The predicted octanol–water partition coefficient (Wildman–Crippen LogP) is 5.57. The van der Waals surface area contributed by atoms with E-state index < -0.39 is 10.1 Å². The second-order valence-electron chi connectivity index (χ2n) is 6.75. The molecule has 3 aromatic rings. The van der Waals surface area contributed by atoms with Crippen LogP contribution in [0, 0.1) is 6.92 Å². The topological polar surface area (TPSA) is 63.7 Å². The molecule has 0 unspecified atom stereocenters. The monoisotopic (exact) mass is 459 g/mol. The quantitative estimate of drug-likeness (QED) is 0.466. The molecule has 0 radical (unpaired) electrons. The zero-order valence-corrected chi connectivity index (χ0v) is 18.4. The average molecular weight is 460 g/mol. The Morgan fingerprint density at radius 3 is 2.47 bits per heavy atom. The van der Waals surface area contributed by atoms with Gasteiger partial charge in [-0.1, -0.05) is 53.2 Å². The molecule has 0 fully saturated rings. The molecule has 1 heterocycles. The highest BCUT2D eigenvalue weighted by Crippen LogP contribution is 2.48. The van der Waals surface area contributed by atoms with E-state index in [4.69, 9.17) is 15.8 Å². The highest BCUT2D eigenvalue weighted by molar-refractivity contribution is 7.99. The van der Waals surface area contributed by atoms with Crippen LogP contribution in [0.4, 0.5) is 11.4 Å². The van der Waals surface area contributed by atoms with Crippen LogP contribution in [-0.4, -0.2) is 20.9 Å². The Kier molecular flexibility index (Phi) is 5.88. The van der Waals surface area contributed by atoms with Crippen molar-refractivity contribution < 1.29 is 17.4 Å². The molecular weight excluding hydrogens is 442 g/mol. The second-order valence-corrected chi connectivity index (χ2v) is 9.89. The van der Waals surface area contributed by atoms with E-state index in [2.05, 4.69) is 0 Å². The third-order valence-corrected chi connectivity index (χ3v) is 7.29. The molecule has 154 valence electrons. The lowest BCUT2D eigenvalue weighted by Crippen LogP contribution is -2.29. The molecule has 0 saturated heterocycles. The van der Waals surface area contributed by atoms with Crippen LogP contribution in [0.15, 0.2) is 81.4 Å². The SMILES string of the molecule is Cc1ccc(S(=O)(=O)OCCC(=O)N2c3ccccc3Sc3ccc(Cl)cc32)cc1. The standard InChI is InChI=1S/C22H18ClNO4S2/c1-15-6-9-17(10-7-15)30(26,27)28-13-12-22(25)24-18-4-2-3-5-20(18)29-21-11-8-16(23)14-19(21)24/h2-11,14H,12-13H2,1H3. The van der Waals surface area contributed by atoms with Gasteiger partial charge in [-0.15, -0.1) is 0 Å². The van der Waals surface area contributed by atoms with Gasteiger partial charge in [-0.05, 0) is 49.4 Å². The van der Waals surface area contributed by atoms with Crippen molar-refractivity contribution in [2.45, 2.75) is 28.0 Å². The van der Waals surface area contributed by atoms with E-state index in [1.165, 1.54) is 12.1 Å². The normalized spacial score (nSPS) is 12.9. The van der Waals surface area contributed by atoms with Gasteiger partial charge >= 0.3 is 0 Å². The van der Waals surface area contributed by atoms with Crippen molar-refractivity contribution in [1.29, 1.82) is 0 Å². The fourth-order valence-electron chi connectivity index (χ4n) is 3.12. The Bertz CT molecular complexity index is 1210. The van der Waals surface area contributed by atoms with E-state index in [0.717, 1.165) is 21.0 Å². The highest BCUT2D eigenvalue weighted by atomic mass is 35.5. The summed E-state index contributed by atoms with van der Waals surface area (Å²) in [6, 6.07) is 19.3. The molecule has 4 rings (SSSR count). The fourth-order valence-corrected chi connectivity index (χ4v) is 5.23. The average Bonchev–Trinajstić information content (AvgIpc) is 2.72. The number of anilines is 2. The first-order valence-corrected chi connectivity index (χ1v) is 11.8. The van der Waals surface area contributed by atoms with Crippen LogP contribution >= 0.6 is 23.4 Å². The second kappa shape index (κ2) is 8.43. The van der Waals surface area contributed by atoms with Crippen molar-refractivity contribution in [3.8, 4) is 0 Å². The number of hydrogen-bond acceptors (Lipinski definition) is 5. The van der Waals surface area contributed by atoms with Gasteiger partial charge in [-0.25, -0.2) is 0 Å². The molecule has 1 aliphatic heterocycles. The first kappa shape index (κ1) is 20.9. The van der Waals surface area contributed by atoms with E-state index in [-0.39, 0.29) is 23.8 Å². The Morgan fingerprint density at radius 1 is 1.00 bits per heavy atom. The number of benzene rings is 3. The van der Waals surface area contributed by atoms with Gasteiger partial charge in [0, 0.05) is 14.8 Å². The fraction of sp³-hybridized carbons (Fsp3) is 0.136. The number of carbonyl (C=O) groups excluding carboxylic acids is 1. The summed E-state index contributed by atoms with van der Waals surface area (Å²) in [6.45, 7) is 1.62. The van der Waals surface area contributed by atoms with Crippen LogP contribution in [-0.2, 0) is 19.1 Å². The van der Waals surface area contributed by atoms with Gasteiger partial charge in [0.25, 0.3) is 10.1 Å². The van der Waals surface area contributed by atoms with Gasteiger partial charge in [0.05, 0.1) is 29.3 Å². The summed E-state index contributed by atoms with van der Waals surface area (Å²) in [5, 5.41) is 0.518. The first-order valence-electron chi connectivity index (χ1n) is 9.21. The smallest absolute Gasteiger partial charge is 0.279 e. The minimum Gasteiger partial charge on any atom is -0.279 e. The number of aryl methyl sites for hydroxylation is 1. The van der Waals surface area contributed by atoms with Gasteiger partial charge in [0.2, 0.25) is 5.91 Å². The van der Waals surface area contributed by atoms with Crippen molar-refractivity contribution in [1.82, 2.24) is 0 Å².